The fourth-order valence-corrected chi connectivity index (χ4v) is 1.32. The van der Waals surface area contributed by atoms with Crippen molar-refractivity contribution < 1.29 is 28.8 Å². The topological polar surface area (TPSA) is 125 Å². The molecule has 0 aliphatic carbocycles. The first kappa shape index (κ1) is 15.1. The third-order valence-corrected chi connectivity index (χ3v) is 2.24. The Bertz CT molecular complexity index is 582. The van der Waals surface area contributed by atoms with E-state index in [1.165, 1.54) is 6.07 Å². The third kappa shape index (κ3) is 3.28. The van der Waals surface area contributed by atoms with Crippen LogP contribution >= 0.6 is 0 Å². The normalized spacial score (nSPS) is 9.50. The Morgan fingerprint density at radius 1 is 1.20 bits per heavy atom. The van der Waals surface area contributed by atoms with E-state index in [0.717, 1.165) is 26.4 Å². The van der Waals surface area contributed by atoms with Crippen molar-refractivity contribution in [3.8, 4) is 0 Å². The van der Waals surface area contributed by atoms with E-state index in [2.05, 4.69) is 14.8 Å². The number of benzene rings is 1. The molecule has 0 bridgehead atoms. The number of nitro groups is 1. The Balaban J connectivity index is 3.21. The van der Waals surface area contributed by atoms with Gasteiger partial charge in [-0.25, -0.2) is 9.59 Å². The van der Waals surface area contributed by atoms with E-state index in [1.807, 2.05) is 0 Å². The van der Waals surface area contributed by atoms with Gasteiger partial charge in [-0.3, -0.25) is 20.2 Å². The molecule has 1 aromatic rings. The second-order valence-corrected chi connectivity index (χ2v) is 3.43. The lowest BCUT2D eigenvalue weighted by molar-refractivity contribution is -0.385. The van der Waals surface area contributed by atoms with Crippen LogP contribution in [-0.2, 0) is 14.3 Å². The molecule has 0 saturated heterocycles. The highest BCUT2D eigenvalue weighted by molar-refractivity contribution is 6.41. The Morgan fingerprint density at radius 3 is 2.35 bits per heavy atom. The molecule has 0 aromatic heterocycles. The minimum absolute atomic E-state index is 0.0463. The number of nitrogens with zero attached hydrogens (tertiary/aromatic N) is 1. The lowest BCUT2D eigenvalue weighted by Gasteiger charge is -2.05. The summed E-state index contributed by atoms with van der Waals surface area (Å²) in [5, 5.41) is 13.1. The number of esters is 1. The van der Waals surface area contributed by atoms with Gasteiger partial charge in [-0.05, 0) is 12.1 Å². The summed E-state index contributed by atoms with van der Waals surface area (Å²) < 4.78 is 8.54. The number of hydrogen-bond acceptors (Lipinski definition) is 7. The molecule has 9 heteroatoms. The predicted molar refractivity (Wildman–Crippen MR) is 65.5 cm³/mol. The van der Waals surface area contributed by atoms with Crippen LogP contribution in [0, 0.1) is 10.1 Å². The van der Waals surface area contributed by atoms with Gasteiger partial charge in [0.1, 0.15) is 5.56 Å². The Kier molecular flexibility index (Phi) is 4.73. The molecular formula is C11H10N2O7. The summed E-state index contributed by atoms with van der Waals surface area (Å²) in [5.74, 6) is -2.37. The molecule has 20 heavy (non-hydrogen) atoms. The number of nitro benzene ring substituents is 1. The van der Waals surface area contributed by atoms with Crippen molar-refractivity contribution >= 4 is 29.2 Å². The van der Waals surface area contributed by atoms with Gasteiger partial charge in [0.2, 0.25) is 0 Å². The second-order valence-electron chi connectivity index (χ2n) is 3.43. The number of Topliss-reactive ketones (excluding diaryl/α,β-unsaturated/α-hetero) is 1. The molecule has 0 radical (unpaired) electrons. The van der Waals surface area contributed by atoms with Crippen LogP contribution in [-0.4, -0.2) is 37.0 Å². The summed E-state index contributed by atoms with van der Waals surface area (Å²) in [6.45, 7) is 0. The van der Waals surface area contributed by atoms with Crippen molar-refractivity contribution in [1.82, 2.24) is 0 Å². The van der Waals surface area contributed by atoms with Crippen molar-refractivity contribution in [1.29, 1.82) is 0 Å². The number of methoxy groups -OCH3 is 2. The number of hydrogen-bond donors (Lipinski definition) is 1. The van der Waals surface area contributed by atoms with Crippen molar-refractivity contribution in [2.24, 2.45) is 0 Å². The Labute approximate surface area is 112 Å². The molecular weight excluding hydrogens is 272 g/mol. The van der Waals surface area contributed by atoms with Crippen LogP contribution in [0.1, 0.15) is 10.4 Å². The third-order valence-electron chi connectivity index (χ3n) is 2.24. The zero-order valence-electron chi connectivity index (χ0n) is 10.5. The van der Waals surface area contributed by atoms with Gasteiger partial charge in [0.25, 0.3) is 11.5 Å². The van der Waals surface area contributed by atoms with Crippen molar-refractivity contribution in [2.75, 3.05) is 19.5 Å². The number of carbonyl (C=O) groups excluding carboxylic acids is 3. The molecule has 9 nitrogen and oxygen atoms in total. The number of amides is 1. The summed E-state index contributed by atoms with van der Waals surface area (Å²) >= 11 is 0. The highest BCUT2D eigenvalue weighted by atomic mass is 16.6. The molecule has 1 amide bonds. The minimum atomic E-state index is -1.22. The van der Waals surface area contributed by atoms with E-state index in [9.17, 15) is 24.5 Å². The standard InChI is InChI=1S/C11H10N2O7/c1-19-10(15)9(14)7-4-3-6(12-11(16)20-2)5-8(7)13(17)18/h3-5H,1-2H3,(H,12,16). The van der Waals surface area contributed by atoms with Crippen LogP contribution < -0.4 is 5.32 Å². The fraction of sp³-hybridized carbons (Fsp3) is 0.182. The van der Waals surface area contributed by atoms with Crippen LogP contribution in [0.5, 0.6) is 0 Å². The monoisotopic (exact) mass is 282 g/mol. The van der Waals surface area contributed by atoms with Crippen LogP contribution in [0.25, 0.3) is 0 Å². The number of anilines is 1. The predicted octanol–water partition coefficient (Wildman–Crippen LogP) is 1.13. The van der Waals surface area contributed by atoms with E-state index in [1.54, 1.807) is 0 Å². The van der Waals surface area contributed by atoms with E-state index >= 15 is 0 Å². The van der Waals surface area contributed by atoms with Gasteiger partial charge < -0.3 is 9.47 Å². The Morgan fingerprint density at radius 2 is 1.85 bits per heavy atom. The first-order chi connectivity index (χ1) is 9.40. The molecule has 0 aliphatic rings. The van der Waals surface area contributed by atoms with Gasteiger partial charge in [-0.15, -0.1) is 0 Å². The molecule has 1 rings (SSSR count). The molecule has 1 N–H and O–H groups in total. The van der Waals surface area contributed by atoms with E-state index < -0.39 is 34.0 Å². The summed E-state index contributed by atoms with van der Waals surface area (Å²) in [6.07, 6.45) is -0.827. The maximum Gasteiger partial charge on any atom is 0.411 e. The molecule has 1 aromatic carbocycles. The summed E-state index contributed by atoms with van der Waals surface area (Å²) in [7, 11) is 2.11. The summed E-state index contributed by atoms with van der Waals surface area (Å²) in [5.41, 5.74) is -1.02. The van der Waals surface area contributed by atoms with Gasteiger partial charge in [-0.1, -0.05) is 0 Å². The van der Waals surface area contributed by atoms with Crippen molar-refractivity contribution in [3.05, 3.63) is 33.9 Å². The minimum Gasteiger partial charge on any atom is -0.463 e. The quantitative estimate of drug-likeness (QED) is 0.288. The molecule has 0 saturated carbocycles. The number of carbonyl (C=O) groups is 3. The molecule has 0 unspecified atom stereocenters. The van der Waals surface area contributed by atoms with Crippen molar-refractivity contribution in [2.45, 2.75) is 0 Å². The molecule has 0 fully saturated rings. The van der Waals surface area contributed by atoms with Gasteiger partial charge in [-0.2, -0.15) is 0 Å². The molecule has 0 aliphatic heterocycles. The molecule has 0 heterocycles. The van der Waals surface area contributed by atoms with Crippen LogP contribution in [0.3, 0.4) is 0 Å². The van der Waals surface area contributed by atoms with E-state index in [-0.39, 0.29) is 5.69 Å². The first-order valence-corrected chi connectivity index (χ1v) is 5.16. The average molecular weight is 282 g/mol. The number of nitrogens with one attached hydrogen (secondary N) is 1. The highest BCUT2D eigenvalue weighted by Crippen LogP contribution is 2.24. The largest absolute Gasteiger partial charge is 0.463 e. The maximum atomic E-state index is 11.6. The lowest BCUT2D eigenvalue weighted by Crippen LogP contribution is -2.17. The van der Waals surface area contributed by atoms with Crippen molar-refractivity contribution in [3.63, 3.8) is 0 Å². The maximum absolute atomic E-state index is 11.6. The molecule has 106 valence electrons. The molecule has 0 spiro atoms. The highest BCUT2D eigenvalue weighted by Gasteiger charge is 2.26. The number of ketones is 1. The van der Waals surface area contributed by atoms with E-state index in [0.29, 0.717) is 0 Å². The smallest absolute Gasteiger partial charge is 0.411 e. The lowest BCUT2D eigenvalue weighted by atomic mass is 10.1. The fourth-order valence-electron chi connectivity index (χ4n) is 1.32. The molecule has 0 atom stereocenters. The van der Waals surface area contributed by atoms with Gasteiger partial charge in [0, 0.05) is 6.07 Å². The summed E-state index contributed by atoms with van der Waals surface area (Å²) in [4.78, 5) is 43.8. The van der Waals surface area contributed by atoms with Gasteiger partial charge in [0.15, 0.2) is 0 Å². The zero-order chi connectivity index (χ0) is 15.3. The van der Waals surface area contributed by atoms with Crippen LogP contribution in [0.2, 0.25) is 0 Å². The van der Waals surface area contributed by atoms with E-state index in [4.69, 9.17) is 0 Å². The van der Waals surface area contributed by atoms with Gasteiger partial charge >= 0.3 is 12.1 Å². The average Bonchev–Trinajstić information content (AvgIpc) is 2.45. The number of rotatable bonds is 4. The first-order valence-electron chi connectivity index (χ1n) is 5.16. The van der Waals surface area contributed by atoms with Crippen LogP contribution in [0.15, 0.2) is 18.2 Å². The van der Waals surface area contributed by atoms with Crippen LogP contribution in [0.4, 0.5) is 16.2 Å². The second kappa shape index (κ2) is 6.27. The zero-order valence-corrected chi connectivity index (χ0v) is 10.5. The summed E-state index contributed by atoms with van der Waals surface area (Å²) in [6, 6.07) is 3.20. The van der Waals surface area contributed by atoms with Gasteiger partial charge in [0.05, 0.1) is 24.8 Å². The number of ether oxygens (including phenoxy) is 2. The Hall–Kier alpha value is -2.97. The SMILES string of the molecule is COC(=O)Nc1ccc(C(=O)C(=O)OC)c([N+](=O)[O-])c1.